The first-order chi connectivity index (χ1) is 10.8. The number of amides is 1. The Morgan fingerprint density at radius 3 is 2.68 bits per heavy atom. The Morgan fingerprint density at radius 1 is 1.23 bits per heavy atom. The number of nitrogens with zero attached hydrogens (tertiary/aromatic N) is 2. The molecule has 1 amide bonds. The molecule has 4 heteroatoms. The molecule has 0 atom stereocenters. The van der Waals surface area contributed by atoms with Gasteiger partial charge >= 0.3 is 0 Å². The van der Waals surface area contributed by atoms with Gasteiger partial charge in [0, 0.05) is 24.9 Å². The Bertz CT molecular complexity index is 574. The predicted molar refractivity (Wildman–Crippen MR) is 89.9 cm³/mol. The van der Waals surface area contributed by atoms with Crippen molar-refractivity contribution in [2.75, 3.05) is 13.1 Å². The molecule has 2 aromatic rings. The second kappa shape index (κ2) is 7.54. The van der Waals surface area contributed by atoms with Crippen molar-refractivity contribution in [1.82, 2.24) is 9.88 Å². The molecule has 1 aliphatic rings. The van der Waals surface area contributed by atoms with E-state index in [0.29, 0.717) is 12.3 Å². The van der Waals surface area contributed by atoms with Crippen LogP contribution in [0.4, 0.5) is 0 Å². The summed E-state index contributed by atoms with van der Waals surface area (Å²) in [5.74, 6) is 0.996. The van der Waals surface area contributed by atoms with Gasteiger partial charge in [-0.15, -0.1) is 11.3 Å². The maximum Gasteiger partial charge on any atom is 0.222 e. The van der Waals surface area contributed by atoms with Crippen LogP contribution in [0.5, 0.6) is 0 Å². The van der Waals surface area contributed by atoms with E-state index in [9.17, 15) is 4.79 Å². The summed E-state index contributed by atoms with van der Waals surface area (Å²) in [5, 5.41) is 2.03. The molecular weight excluding hydrogens is 292 g/mol. The summed E-state index contributed by atoms with van der Waals surface area (Å²) in [5.41, 5.74) is 4.28. The molecule has 22 heavy (non-hydrogen) atoms. The molecule has 0 bridgehead atoms. The summed E-state index contributed by atoms with van der Waals surface area (Å²) in [7, 11) is 0. The number of likely N-dealkylation sites (tertiary alicyclic amines) is 1. The molecule has 3 nitrogen and oxygen atoms in total. The molecule has 0 aliphatic carbocycles. The van der Waals surface area contributed by atoms with E-state index in [1.807, 2.05) is 15.8 Å². The molecule has 1 fully saturated rings. The molecule has 1 aliphatic heterocycles. The van der Waals surface area contributed by atoms with Gasteiger partial charge in [0.2, 0.25) is 5.91 Å². The lowest BCUT2D eigenvalue weighted by Crippen LogP contribution is -2.39. The maximum atomic E-state index is 12.3. The molecule has 1 aromatic heterocycles. The van der Waals surface area contributed by atoms with E-state index < -0.39 is 0 Å². The minimum Gasteiger partial charge on any atom is -0.343 e. The summed E-state index contributed by atoms with van der Waals surface area (Å²) >= 11 is 1.59. The molecule has 2 heterocycles. The number of thiazole rings is 1. The van der Waals surface area contributed by atoms with Gasteiger partial charge in [0.15, 0.2) is 0 Å². The van der Waals surface area contributed by atoms with Crippen LogP contribution in [0.2, 0.25) is 0 Å². The third kappa shape index (κ3) is 4.17. The quantitative estimate of drug-likeness (QED) is 0.845. The molecule has 1 aromatic carbocycles. The van der Waals surface area contributed by atoms with E-state index >= 15 is 0 Å². The average molecular weight is 314 g/mol. The summed E-state index contributed by atoms with van der Waals surface area (Å²) in [6.45, 7) is 1.82. The second-order valence-electron chi connectivity index (χ2n) is 5.99. The zero-order valence-electron chi connectivity index (χ0n) is 12.8. The molecule has 3 rings (SSSR count). The van der Waals surface area contributed by atoms with Crippen molar-refractivity contribution in [1.29, 1.82) is 0 Å². The Labute approximate surface area is 136 Å². The number of hydrogen-bond donors (Lipinski definition) is 0. The first-order valence-electron chi connectivity index (χ1n) is 8.00. The number of benzene rings is 1. The van der Waals surface area contributed by atoms with Crippen molar-refractivity contribution >= 4 is 17.2 Å². The van der Waals surface area contributed by atoms with Crippen LogP contribution in [0, 0.1) is 5.92 Å². The summed E-state index contributed by atoms with van der Waals surface area (Å²) in [6, 6.07) is 10.7. The first-order valence-corrected chi connectivity index (χ1v) is 8.94. The lowest BCUT2D eigenvalue weighted by molar-refractivity contribution is -0.132. The van der Waals surface area contributed by atoms with Crippen molar-refractivity contribution in [3.05, 3.63) is 52.5 Å². The van der Waals surface area contributed by atoms with Gasteiger partial charge in [0.05, 0.1) is 11.2 Å². The van der Waals surface area contributed by atoms with Crippen molar-refractivity contribution in [2.24, 2.45) is 5.92 Å². The number of piperidine rings is 1. The van der Waals surface area contributed by atoms with Crippen molar-refractivity contribution in [2.45, 2.75) is 32.1 Å². The molecule has 0 saturated carbocycles. The van der Waals surface area contributed by atoms with Crippen LogP contribution in [0.1, 0.15) is 30.5 Å². The Hall–Kier alpha value is -1.68. The number of carbonyl (C=O) groups is 1. The molecular formula is C18H22N2OS. The van der Waals surface area contributed by atoms with E-state index in [-0.39, 0.29) is 5.91 Å². The van der Waals surface area contributed by atoms with Crippen LogP contribution in [0.25, 0.3) is 0 Å². The van der Waals surface area contributed by atoms with Crippen LogP contribution in [-0.4, -0.2) is 28.9 Å². The van der Waals surface area contributed by atoms with Crippen LogP contribution >= 0.6 is 11.3 Å². The lowest BCUT2D eigenvalue weighted by atomic mass is 9.90. The Kier molecular flexibility index (Phi) is 5.22. The molecule has 0 N–H and O–H groups in total. The fraction of sp³-hybridized carbons (Fsp3) is 0.444. The highest BCUT2D eigenvalue weighted by atomic mass is 32.1. The minimum atomic E-state index is 0.283. The predicted octanol–water partition coefficient (Wildman–Crippen LogP) is 3.56. The fourth-order valence-electron chi connectivity index (χ4n) is 3.09. The monoisotopic (exact) mass is 314 g/mol. The van der Waals surface area contributed by atoms with E-state index in [0.717, 1.165) is 44.5 Å². The fourth-order valence-corrected chi connectivity index (χ4v) is 3.68. The van der Waals surface area contributed by atoms with Crippen LogP contribution in [0.15, 0.2) is 41.2 Å². The highest BCUT2D eigenvalue weighted by Gasteiger charge is 2.22. The van der Waals surface area contributed by atoms with Gasteiger partial charge in [0.25, 0.3) is 0 Å². The Balaban J connectivity index is 1.42. The van der Waals surface area contributed by atoms with Crippen molar-refractivity contribution in [3.63, 3.8) is 0 Å². The van der Waals surface area contributed by atoms with Crippen LogP contribution < -0.4 is 0 Å². The zero-order valence-corrected chi connectivity index (χ0v) is 13.6. The van der Waals surface area contributed by atoms with Gasteiger partial charge in [-0.1, -0.05) is 30.3 Å². The number of carbonyl (C=O) groups excluding carboxylic acids is 1. The summed E-state index contributed by atoms with van der Waals surface area (Å²) in [6.07, 6.45) is 4.75. The van der Waals surface area contributed by atoms with Crippen molar-refractivity contribution < 1.29 is 4.79 Å². The number of hydrogen-bond acceptors (Lipinski definition) is 3. The van der Waals surface area contributed by atoms with E-state index in [4.69, 9.17) is 0 Å². The molecule has 0 unspecified atom stereocenters. The second-order valence-corrected chi connectivity index (χ2v) is 6.71. The SMILES string of the molecule is O=C(CCc1cscn1)N1CCC(Cc2ccccc2)CC1. The largest absolute Gasteiger partial charge is 0.343 e. The topological polar surface area (TPSA) is 33.2 Å². The molecule has 0 spiro atoms. The maximum absolute atomic E-state index is 12.3. The van der Waals surface area contributed by atoms with Gasteiger partial charge < -0.3 is 4.90 Å². The van der Waals surface area contributed by atoms with Gasteiger partial charge in [-0.05, 0) is 37.2 Å². The minimum absolute atomic E-state index is 0.283. The average Bonchev–Trinajstić information content (AvgIpc) is 3.08. The van der Waals surface area contributed by atoms with E-state index in [1.54, 1.807) is 11.3 Å². The molecule has 1 saturated heterocycles. The summed E-state index contributed by atoms with van der Waals surface area (Å²) < 4.78 is 0. The van der Waals surface area contributed by atoms with Crippen LogP contribution in [-0.2, 0) is 17.6 Å². The number of rotatable bonds is 5. The highest BCUT2D eigenvalue weighted by molar-refractivity contribution is 7.07. The zero-order chi connectivity index (χ0) is 15.2. The van der Waals surface area contributed by atoms with E-state index in [1.165, 1.54) is 5.56 Å². The number of aryl methyl sites for hydroxylation is 1. The van der Waals surface area contributed by atoms with Gasteiger partial charge in [0.1, 0.15) is 0 Å². The highest BCUT2D eigenvalue weighted by Crippen LogP contribution is 2.22. The van der Waals surface area contributed by atoms with Gasteiger partial charge in [-0.25, -0.2) is 4.98 Å². The third-order valence-corrected chi connectivity index (χ3v) is 5.05. The smallest absolute Gasteiger partial charge is 0.222 e. The summed E-state index contributed by atoms with van der Waals surface area (Å²) in [4.78, 5) is 18.5. The third-order valence-electron chi connectivity index (χ3n) is 4.41. The van der Waals surface area contributed by atoms with E-state index in [2.05, 4.69) is 35.3 Å². The molecule has 0 radical (unpaired) electrons. The van der Waals surface area contributed by atoms with Crippen LogP contribution in [0.3, 0.4) is 0 Å². The normalized spacial score (nSPS) is 15.9. The standard InChI is InChI=1S/C18H22N2OS/c21-18(7-6-17-13-22-14-19-17)20-10-8-16(9-11-20)12-15-4-2-1-3-5-15/h1-5,13-14,16H,6-12H2. The molecule has 116 valence electrons. The Morgan fingerprint density at radius 2 is 2.00 bits per heavy atom. The van der Waals surface area contributed by atoms with Gasteiger partial charge in [-0.3, -0.25) is 4.79 Å². The first kappa shape index (κ1) is 15.2. The van der Waals surface area contributed by atoms with Gasteiger partial charge in [-0.2, -0.15) is 0 Å². The van der Waals surface area contributed by atoms with Crippen molar-refractivity contribution in [3.8, 4) is 0 Å². The lowest BCUT2D eigenvalue weighted by Gasteiger charge is -2.32. The number of aromatic nitrogens is 1.